The summed E-state index contributed by atoms with van der Waals surface area (Å²) in [5.74, 6) is -0.138. The number of rotatable bonds is 6. The summed E-state index contributed by atoms with van der Waals surface area (Å²) in [5, 5.41) is 2.96. The molecule has 0 saturated heterocycles. The molecule has 3 rings (SSSR count). The lowest BCUT2D eigenvalue weighted by Gasteiger charge is -2.23. The quantitative estimate of drug-likeness (QED) is 0.816. The van der Waals surface area contributed by atoms with Gasteiger partial charge in [-0.15, -0.1) is 0 Å². The van der Waals surface area contributed by atoms with Gasteiger partial charge in [-0.2, -0.15) is 0 Å². The third-order valence-electron chi connectivity index (χ3n) is 4.47. The SMILES string of the molecule is COCCCNC(=O)c1c(-c2cccnc2)cc(=O)n2c1CCCC2. The van der Waals surface area contributed by atoms with E-state index in [0.29, 0.717) is 30.8 Å². The first kappa shape index (κ1) is 17.4. The fourth-order valence-corrected chi connectivity index (χ4v) is 3.27. The van der Waals surface area contributed by atoms with E-state index in [4.69, 9.17) is 4.74 Å². The highest BCUT2D eigenvalue weighted by Crippen LogP contribution is 2.27. The van der Waals surface area contributed by atoms with Crippen molar-refractivity contribution in [3.63, 3.8) is 0 Å². The molecule has 1 amide bonds. The minimum Gasteiger partial charge on any atom is -0.385 e. The molecule has 6 nitrogen and oxygen atoms in total. The highest BCUT2D eigenvalue weighted by atomic mass is 16.5. The van der Waals surface area contributed by atoms with Gasteiger partial charge in [0.2, 0.25) is 0 Å². The van der Waals surface area contributed by atoms with Gasteiger partial charge in [0.05, 0.1) is 5.56 Å². The lowest BCUT2D eigenvalue weighted by molar-refractivity contribution is 0.0947. The van der Waals surface area contributed by atoms with Crippen LogP contribution in [0.15, 0.2) is 35.4 Å². The third kappa shape index (κ3) is 3.79. The van der Waals surface area contributed by atoms with Gasteiger partial charge in [-0.1, -0.05) is 6.07 Å². The largest absolute Gasteiger partial charge is 0.385 e. The molecule has 2 aromatic rings. The van der Waals surface area contributed by atoms with Crippen molar-refractivity contribution in [2.75, 3.05) is 20.3 Å². The second kappa shape index (κ2) is 8.07. The second-order valence-corrected chi connectivity index (χ2v) is 6.17. The predicted molar refractivity (Wildman–Crippen MR) is 95.7 cm³/mol. The number of carbonyl (C=O) groups excluding carboxylic acids is 1. The van der Waals surface area contributed by atoms with E-state index >= 15 is 0 Å². The van der Waals surface area contributed by atoms with Gasteiger partial charge < -0.3 is 14.6 Å². The Hall–Kier alpha value is -2.47. The van der Waals surface area contributed by atoms with Crippen LogP contribution in [0.25, 0.3) is 11.1 Å². The molecule has 0 atom stereocenters. The molecule has 0 spiro atoms. The zero-order valence-electron chi connectivity index (χ0n) is 14.5. The molecule has 0 aliphatic carbocycles. The van der Waals surface area contributed by atoms with Gasteiger partial charge in [0.1, 0.15) is 0 Å². The van der Waals surface area contributed by atoms with Gasteiger partial charge in [0.15, 0.2) is 0 Å². The fraction of sp³-hybridized carbons (Fsp3) is 0.421. The summed E-state index contributed by atoms with van der Waals surface area (Å²) in [6.07, 6.45) is 6.81. The van der Waals surface area contributed by atoms with Crippen LogP contribution in [0.3, 0.4) is 0 Å². The molecule has 1 aliphatic rings. The van der Waals surface area contributed by atoms with Crippen LogP contribution < -0.4 is 10.9 Å². The number of ether oxygens (including phenoxy) is 1. The molecule has 6 heteroatoms. The summed E-state index contributed by atoms with van der Waals surface area (Å²) in [4.78, 5) is 29.6. The van der Waals surface area contributed by atoms with E-state index in [1.165, 1.54) is 0 Å². The first-order valence-electron chi connectivity index (χ1n) is 8.66. The molecule has 132 valence electrons. The third-order valence-corrected chi connectivity index (χ3v) is 4.47. The van der Waals surface area contributed by atoms with Crippen molar-refractivity contribution in [1.82, 2.24) is 14.9 Å². The first-order chi connectivity index (χ1) is 12.2. The van der Waals surface area contributed by atoms with Crippen molar-refractivity contribution in [2.24, 2.45) is 0 Å². The van der Waals surface area contributed by atoms with Crippen molar-refractivity contribution in [2.45, 2.75) is 32.2 Å². The molecule has 0 unspecified atom stereocenters. The maximum absolute atomic E-state index is 12.9. The van der Waals surface area contributed by atoms with Crippen molar-refractivity contribution in [3.05, 3.63) is 52.2 Å². The zero-order chi connectivity index (χ0) is 17.6. The molecule has 1 aliphatic heterocycles. The van der Waals surface area contributed by atoms with Crippen molar-refractivity contribution in [1.29, 1.82) is 0 Å². The number of pyridine rings is 2. The van der Waals surface area contributed by atoms with Crippen LogP contribution in [0.4, 0.5) is 0 Å². The Bertz CT molecular complexity index is 800. The van der Waals surface area contributed by atoms with Crippen LogP contribution in [0.1, 0.15) is 35.3 Å². The Morgan fingerprint density at radius 3 is 3.04 bits per heavy atom. The van der Waals surface area contributed by atoms with E-state index in [-0.39, 0.29) is 11.5 Å². The Morgan fingerprint density at radius 2 is 2.28 bits per heavy atom. The number of carbonyl (C=O) groups is 1. The summed E-state index contributed by atoms with van der Waals surface area (Å²) < 4.78 is 6.77. The number of nitrogens with zero attached hydrogens (tertiary/aromatic N) is 2. The van der Waals surface area contributed by atoms with E-state index in [1.54, 1.807) is 30.1 Å². The smallest absolute Gasteiger partial charge is 0.253 e. The van der Waals surface area contributed by atoms with Crippen molar-refractivity contribution < 1.29 is 9.53 Å². The van der Waals surface area contributed by atoms with Gasteiger partial charge in [-0.05, 0) is 31.7 Å². The summed E-state index contributed by atoms with van der Waals surface area (Å²) >= 11 is 0. The summed E-state index contributed by atoms with van der Waals surface area (Å²) in [6, 6.07) is 5.26. The lowest BCUT2D eigenvalue weighted by atomic mass is 9.95. The molecule has 0 aromatic carbocycles. The molecule has 0 fully saturated rings. The molecular formula is C19H23N3O3. The van der Waals surface area contributed by atoms with Crippen molar-refractivity contribution >= 4 is 5.91 Å². The average molecular weight is 341 g/mol. The minimum atomic E-state index is -0.138. The lowest BCUT2D eigenvalue weighted by Crippen LogP contribution is -2.33. The molecular weight excluding hydrogens is 318 g/mol. The monoisotopic (exact) mass is 341 g/mol. The predicted octanol–water partition coefficient (Wildman–Crippen LogP) is 2.01. The summed E-state index contributed by atoms with van der Waals surface area (Å²) in [7, 11) is 1.64. The van der Waals surface area contributed by atoms with Crippen LogP contribution in [0.5, 0.6) is 0 Å². The molecule has 0 bridgehead atoms. The van der Waals surface area contributed by atoms with E-state index in [1.807, 2.05) is 12.1 Å². The number of fused-ring (bicyclic) bond motifs is 1. The zero-order valence-corrected chi connectivity index (χ0v) is 14.5. The molecule has 3 heterocycles. The Morgan fingerprint density at radius 1 is 1.40 bits per heavy atom. The Kier molecular flexibility index (Phi) is 5.60. The van der Waals surface area contributed by atoms with Crippen LogP contribution >= 0.6 is 0 Å². The normalized spacial score (nSPS) is 13.3. The first-order valence-corrected chi connectivity index (χ1v) is 8.66. The standard InChI is InChI=1S/C19H23N3O3/c1-25-11-5-9-21-19(24)18-15(14-6-4-8-20-13-14)12-17(23)22-10-3-2-7-16(18)22/h4,6,8,12-13H,2-3,5,7,9-11H2,1H3,(H,21,24). The number of nitrogens with one attached hydrogen (secondary N) is 1. The van der Waals surface area contributed by atoms with Gasteiger partial charge in [-0.3, -0.25) is 14.6 Å². The highest BCUT2D eigenvalue weighted by molar-refractivity contribution is 6.01. The van der Waals surface area contributed by atoms with E-state index in [2.05, 4.69) is 10.3 Å². The molecule has 2 aromatic heterocycles. The summed E-state index contributed by atoms with van der Waals surface area (Å²) in [6.45, 7) is 1.81. The number of aromatic nitrogens is 2. The van der Waals surface area contributed by atoms with Crippen LogP contribution in [-0.2, 0) is 17.7 Å². The van der Waals surface area contributed by atoms with E-state index < -0.39 is 0 Å². The number of hydrogen-bond acceptors (Lipinski definition) is 4. The van der Waals surface area contributed by atoms with Crippen LogP contribution in [0.2, 0.25) is 0 Å². The maximum atomic E-state index is 12.9. The topological polar surface area (TPSA) is 73.2 Å². The Balaban J connectivity index is 2.04. The molecule has 0 saturated carbocycles. The van der Waals surface area contributed by atoms with Gasteiger partial charge in [-0.25, -0.2) is 0 Å². The molecule has 0 radical (unpaired) electrons. The minimum absolute atomic E-state index is 0.0514. The summed E-state index contributed by atoms with van der Waals surface area (Å²) in [5.41, 5.74) is 2.84. The number of hydrogen-bond donors (Lipinski definition) is 1. The van der Waals surface area contributed by atoms with Crippen LogP contribution in [-0.4, -0.2) is 35.7 Å². The van der Waals surface area contributed by atoms with E-state index in [0.717, 1.165) is 36.9 Å². The Labute approximate surface area is 146 Å². The molecule has 25 heavy (non-hydrogen) atoms. The number of methoxy groups -OCH3 is 1. The second-order valence-electron chi connectivity index (χ2n) is 6.17. The van der Waals surface area contributed by atoms with E-state index in [9.17, 15) is 9.59 Å². The fourth-order valence-electron chi connectivity index (χ4n) is 3.27. The average Bonchev–Trinajstić information content (AvgIpc) is 2.66. The van der Waals surface area contributed by atoms with Crippen LogP contribution in [0, 0.1) is 0 Å². The van der Waals surface area contributed by atoms with Gasteiger partial charge >= 0.3 is 0 Å². The van der Waals surface area contributed by atoms with Crippen molar-refractivity contribution in [3.8, 4) is 11.1 Å². The molecule has 1 N–H and O–H groups in total. The highest BCUT2D eigenvalue weighted by Gasteiger charge is 2.23. The van der Waals surface area contributed by atoms with Gasteiger partial charge in [0, 0.05) is 62.1 Å². The number of amides is 1. The maximum Gasteiger partial charge on any atom is 0.253 e. The van der Waals surface area contributed by atoms with Gasteiger partial charge in [0.25, 0.3) is 11.5 Å².